The van der Waals surface area contributed by atoms with Crippen molar-refractivity contribution < 1.29 is 13.9 Å². The van der Waals surface area contributed by atoms with Gasteiger partial charge in [-0.15, -0.1) is 0 Å². The zero-order chi connectivity index (χ0) is 15.0. The van der Waals surface area contributed by atoms with Gasteiger partial charge in [0.25, 0.3) is 5.91 Å². The van der Waals surface area contributed by atoms with Crippen LogP contribution in [0.25, 0.3) is 11.0 Å². The number of carbonyl (C=O) groups excluding carboxylic acids is 1. The molecule has 2 heterocycles. The SMILES string of the molecule is Cc1c(C(=O)NC(C)C2CCCO2)oc2ccc(Cl)cc12. The monoisotopic (exact) mass is 307 g/mol. The average Bonchev–Trinajstić information content (AvgIpc) is 3.08. The van der Waals surface area contributed by atoms with Crippen LogP contribution in [0.1, 0.15) is 35.9 Å². The van der Waals surface area contributed by atoms with Crippen LogP contribution in [0.15, 0.2) is 22.6 Å². The third-order valence-corrected chi connectivity index (χ3v) is 4.22. The Bertz CT molecular complexity index is 673. The normalized spacial score (nSPS) is 19.9. The van der Waals surface area contributed by atoms with Gasteiger partial charge in [0.15, 0.2) is 5.76 Å². The number of hydrogen-bond acceptors (Lipinski definition) is 3. The lowest BCUT2D eigenvalue weighted by Gasteiger charge is -2.19. The first-order valence-corrected chi connectivity index (χ1v) is 7.55. The number of rotatable bonds is 3. The smallest absolute Gasteiger partial charge is 0.287 e. The van der Waals surface area contributed by atoms with Crippen molar-refractivity contribution in [3.05, 3.63) is 34.5 Å². The number of ether oxygens (including phenoxy) is 1. The van der Waals surface area contributed by atoms with Gasteiger partial charge in [-0.1, -0.05) is 11.6 Å². The molecule has 0 radical (unpaired) electrons. The molecule has 1 aliphatic heterocycles. The van der Waals surface area contributed by atoms with Crippen LogP contribution in [0, 0.1) is 6.92 Å². The van der Waals surface area contributed by atoms with Crippen LogP contribution in [0.4, 0.5) is 0 Å². The van der Waals surface area contributed by atoms with Crippen molar-refractivity contribution in [1.29, 1.82) is 0 Å². The number of benzene rings is 1. The van der Waals surface area contributed by atoms with Gasteiger partial charge < -0.3 is 14.5 Å². The Morgan fingerprint density at radius 1 is 1.48 bits per heavy atom. The minimum absolute atomic E-state index is 0.0313. The quantitative estimate of drug-likeness (QED) is 0.941. The molecule has 0 bridgehead atoms. The number of hydrogen-bond donors (Lipinski definition) is 1. The largest absolute Gasteiger partial charge is 0.451 e. The van der Waals surface area contributed by atoms with Crippen molar-refractivity contribution >= 4 is 28.5 Å². The lowest BCUT2D eigenvalue weighted by atomic mass is 10.1. The fourth-order valence-electron chi connectivity index (χ4n) is 2.77. The number of halogens is 1. The van der Waals surface area contributed by atoms with Crippen LogP contribution in [0.2, 0.25) is 5.02 Å². The van der Waals surface area contributed by atoms with Crippen molar-refractivity contribution in [3.8, 4) is 0 Å². The molecule has 1 N–H and O–H groups in total. The number of nitrogens with one attached hydrogen (secondary N) is 1. The summed E-state index contributed by atoms with van der Waals surface area (Å²) >= 11 is 5.99. The molecule has 2 unspecified atom stereocenters. The van der Waals surface area contributed by atoms with Gasteiger partial charge in [-0.2, -0.15) is 0 Å². The van der Waals surface area contributed by atoms with E-state index < -0.39 is 0 Å². The van der Waals surface area contributed by atoms with Crippen molar-refractivity contribution in [2.24, 2.45) is 0 Å². The maximum Gasteiger partial charge on any atom is 0.287 e. The summed E-state index contributed by atoms with van der Waals surface area (Å²) in [5, 5.41) is 4.47. The van der Waals surface area contributed by atoms with Crippen LogP contribution in [0.5, 0.6) is 0 Å². The number of furan rings is 1. The molecule has 0 spiro atoms. The Morgan fingerprint density at radius 3 is 3.00 bits per heavy atom. The molecule has 21 heavy (non-hydrogen) atoms. The summed E-state index contributed by atoms with van der Waals surface area (Å²) < 4.78 is 11.3. The highest BCUT2D eigenvalue weighted by molar-refractivity contribution is 6.31. The van der Waals surface area contributed by atoms with Crippen LogP contribution >= 0.6 is 11.6 Å². The van der Waals surface area contributed by atoms with E-state index in [9.17, 15) is 4.79 Å². The third-order valence-electron chi connectivity index (χ3n) is 3.99. The van der Waals surface area contributed by atoms with Crippen molar-refractivity contribution in [2.75, 3.05) is 6.61 Å². The van der Waals surface area contributed by atoms with Crippen LogP contribution in [-0.2, 0) is 4.74 Å². The average molecular weight is 308 g/mol. The molecule has 1 saturated heterocycles. The van der Waals surface area contributed by atoms with Gasteiger partial charge in [-0.3, -0.25) is 4.79 Å². The Balaban J connectivity index is 1.82. The second kappa shape index (κ2) is 5.70. The summed E-state index contributed by atoms with van der Waals surface area (Å²) in [7, 11) is 0. The molecule has 1 aromatic heterocycles. The summed E-state index contributed by atoms with van der Waals surface area (Å²) in [4.78, 5) is 12.4. The third kappa shape index (κ3) is 2.78. The highest BCUT2D eigenvalue weighted by Gasteiger charge is 2.26. The van der Waals surface area contributed by atoms with Crippen LogP contribution < -0.4 is 5.32 Å². The minimum Gasteiger partial charge on any atom is -0.451 e. The molecule has 1 fully saturated rings. The van der Waals surface area contributed by atoms with Gasteiger partial charge in [0.1, 0.15) is 5.58 Å². The highest BCUT2D eigenvalue weighted by Crippen LogP contribution is 2.28. The van der Waals surface area contributed by atoms with Crippen LogP contribution in [-0.4, -0.2) is 24.7 Å². The van der Waals surface area contributed by atoms with E-state index in [4.69, 9.17) is 20.8 Å². The molecule has 2 aromatic rings. The molecule has 0 aliphatic carbocycles. The fraction of sp³-hybridized carbons (Fsp3) is 0.438. The zero-order valence-electron chi connectivity index (χ0n) is 12.1. The van der Waals surface area contributed by atoms with Gasteiger partial charge in [0.05, 0.1) is 12.1 Å². The number of fused-ring (bicyclic) bond motifs is 1. The predicted molar refractivity (Wildman–Crippen MR) is 81.9 cm³/mol. The maximum atomic E-state index is 12.4. The molecule has 3 rings (SSSR count). The fourth-order valence-corrected chi connectivity index (χ4v) is 2.94. The molecule has 112 valence electrons. The van der Waals surface area contributed by atoms with Gasteiger partial charge in [0.2, 0.25) is 0 Å². The molecular weight excluding hydrogens is 290 g/mol. The minimum atomic E-state index is -0.206. The Hall–Kier alpha value is -1.52. The zero-order valence-corrected chi connectivity index (χ0v) is 12.9. The van der Waals surface area contributed by atoms with Gasteiger partial charge in [-0.05, 0) is 44.9 Å². The summed E-state index contributed by atoms with van der Waals surface area (Å²) in [6, 6.07) is 5.32. The second-order valence-corrected chi connectivity index (χ2v) is 5.95. The molecule has 4 nitrogen and oxygen atoms in total. The van der Waals surface area contributed by atoms with E-state index in [1.165, 1.54) is 0 Å². The van der Waals surface area contributed by atoms with Crippen molar-refractivity contribution in [3.63, 3.8) is 0 Å². The second-order valence-electron chi connectivity index (χ2n) is 5.51. The predicted octanol–water partition coefficient (Wildman–Crippen LogP) is 3.69. The molecule has 2 atom stereocenters. The lowest BCUT2D eigenvalue weighted by molar-refractivity contribution is 0.0697. The first kappa shape index (κ1) is 14.4. The van der Waals surface area contributed by atoms with Gasteiger partial charge in [0, 0.05) is 22.6 Å². The topological polar surface area (TPSA) is 51.5 Å². The molecule has 1 amide bonds. The molecule has 5 heteroatoms. The van der Waals surface area contributed by atoms with E-state index in [0.717, 1.165) is 30.4 Å². The van der Waals surface area contributed by atoms with E-state index in [-0.39, 0.29) is 18.1 Å². The summed E-state index contributed by atoms with van der Waals surface area (Å²) in [6.07, 6.45) is 2.12. The standard InChI is InChI=1S/C16H18ClNO3/c1-9-12-8-11(17)5-6-14(12)21-15(9)16(19)18-10(2)13-4-3-7-20-13/h5-6,8,10,13H,3-4,7H2,1-2H3,(H,18,19). The Morgan fingerprint density at radius 2 is 2.29 bits per heavy atom. The van der Waals surface area contributed by atoms with E-state index in [0.29, 0.717) is 16.4 Å². The Kier molecular flexibility index (Phi) is 3.91. The lowest BCUT2D eigenvalue weighted by Crippen LogP contribution is -2.40. The van der Waals surface area contributed by atoms with Crippen molar-refractivity contribution in [1.82, 2.24) is 5.32 Å². The molecule has 0 saturated carbocycles. The summed E-state index contributed by atoms with van der Waals surface area (Å²) in [5.74, 6) is 0.139. The van der Waals surface area contributed by atoms with E-state index >= 15 is 0 Å². The van der Waals surface area contributed by atoms with Gasteiger partial charge >= 0.3 is 0 Å². The molecule has 1 aromatic carbocycles. The molecule has 1 aliphatic rings. The van der Waals surface area contributed by atoms with E-state index in [1.807, 2.05) is 19.9 Å². The van der Waals surface area contributed by atoms with Crippen molar-refractivity contribution in [2.45, 2.75) is 38.8 Å². The Labute approximate surface area is 128 Å². The first-order valence-electron chi connectivity index (χ1n) is 7.17. The summed E-state index contributed by atoms with van der Waals surface area (Å²) in [6.45, 7) is 4.60. The molecular formula is C16H18ClNO3. The van der Waals surface area contributed by atoms with E-state index in [1.54, 1.807) is 12.1 Å². The van der Waals surface area contributed by atoms with Crippen LogP contribution in [0.3, 0.4) is 0 Å². The van der Waals surface area contributed by atoms with E-state index in [2.05, 4.69) is 5.32 Å². The number of carbonyl (C=O) groups is 1. The van der Waals surface area contributed by atoms with Gasteiger partial charge in [-0.25, -0.2) is 0 Å². The number of aryl methyl sites for hydroxylation is 1. The highest BCUT2D eigenvalue weighted by atomic mass is 35.5. The number of amides is 1. The first-order chi connectivity index (χ1) is 10.1. The maximum absolute atomic E-state index is 12.4. The summed E-state index contributed by atoms with van der Waals surface area (Å²) in [5.41, 5.74) is 1.48.